The quantitative estimate of drug-likeness (QED) is 0.332. The summed E-state index contributed by atoms with van der Waals surface area (Å²) in [4.78, 5) is 0. The van der Waals surface area contributed by atoms with E-state index >= 15 is 0 Å². The molecule has 4 heavy (non-hydrogen) atoms. The van der Waals surface area contributed by atoms with E-state index < -0.39 is 0 Å². The molecule has 2 N–H and O–H groups in total. The number of rotatable bonds is 0. The van der Waals surface area contributed by atoms with Crippen LogP contribution < -0.4 is 0 Å². The summed E-state index contributed by atoms with van der Waals surface area (Å²) < 4.78 is 0. The zero-order chi connectivity index (χ0) is 2.71. The Morgan fingerprint density at radius 1 is 1.25 bits per heavy atom. The molecule has 0 aromatic carbocycles. The molecule has 0 aliphatic heterocycles. The zero-order valence-corrected chi connectivity index (χ0v) is 3.15. The van der Waals surface area contributed by atoms with E-state index in [1.165, 1.54) is 0 Å². The zero-order valence-electron chi connectivity index (χ0n) is 1.75. The summed E-state index contributed by atoms with van der Waals surface area (Å²) in [5.74, 6) is 0. The minimum Gasteiger partial charge on any atom is -0.221 e. The van der Waals surface area contributed by atoms with Crippen molar-refractivity contribution in [1.82, 2.24) is 0 Å². The van der Waals surface area contributed by atoms with E-state index in [4.69, 9.17) is 10.5 Å². The van der Waals surface area contributed by atoms with Gasteiger partial charge in [-0.05, 0) is 0 Å². The van der Waals surface area contributed by atoms with Crippen LogP contribution in [0.2, 0.25) is 0 Å². The minimum atomic E-state index is 0. The van der Waals surface area contributed by atoms with Crippen LogP contribution in [0.5, 0.6) is 0 Å². The Kier molecular flexibility index (Phi) is 21.6. The molecule has 0 unspecified atom stereocenters. The molecule has 0 amide bonds. The molecular weight excluding hydrogens is 98.9 g/mol. The van der Waals surface area contributed by atoms with E-state index in [-0.39, 0.29) is 18.6 Å². The van der Waals surface area contributed by atoms with Gasteiger partial charge in [-0.15, -0.1) is 0 Å². The molecule has 25 valence electrons. The Bertz CT molecular complexity index is 3.25. The van der Waals surface area contributed by atoms with E-state index in [1.807, 2.05) is 0 Å². The summed E-state index contributed by atoms with van der Waals surface area (Å²) >= 11 is 0. The van der Waals surface area contributed by atoms with Gasteiger partial charge in [-0.25, -0.2) is 10.5 Å². The average molecular weight is 101 g/mol. The van der Waals surface area contributed by atoms with Gasteiger partial charge in [-0.1, -0.05) is 5.04 Å². The predicted octanol–water partition coefficient (Wildman–Crippen LogP) is -0.0535. The Balaban J connectivity index is 0. The molecule has 0 atom stereocenters. The Hall–Kier alpha value is 0.464. The van der Waals surface area contributed by atoms with Crippen LogP contribution in [0.1, 0.15) is 0 Å². The van der Waals surface area contributed by atoms with Crippen molar-refractivity contribution in [2.24, 2.45) is 0 Å². The van der Waals surface area contributed by atoms with Gasteiger partial charge in [0.1, 0.15) is 0 Å². The SMILES string of the molecule is OOO.[V]. The molecule has 4 heteroatoms. The van der Waals surface area contributed by atoms with Gasteiger partial charge in [-0.2, -0.15) is 0 Å². The molecule has 1 radical (unpaired) electrons. The summed E-state index contributed by atoms with van der Waals surface area (Å²) in [5, 5.41) is 15.5. The van der Waals surface area contributed by atoms with Crippen molar-refractivity contribution in [3.63, 3.8) is 0 Å². The van der Waals surface area contributed by atoms with Crippen LogP contribution in [0.4, 0.5) is 0 Å². The monoisotopic (exact) mass is 101 g/mol. The summed E-state index contributed by atoms with van der Waals surface area (Å²) in [6.07, 6.45) is 0. The van der Waals surface area contributed by atoms with E-state index in [2.05, 4.69) is 5.04 Å². The standard InChI is InChI=1S/H2O3.V/c1-3-2;/h1-2H;. The van der Waals surface area contributed by atoms with Gasteiger partial charge < -0.3 is 0 Å². The average Bonchev–Trinajstić information content (AvgIpc) is 0.918. The molecule has 3 nitrogen and oxygen atoms in total. The van der Waals surface area contributed by atoms with Crippen molar-refractivity contribution in [3.05, 3.63) is 0 Å². The summed E-state index contributed by atoms with van der Waals surface area (Å²) in [7, 11) is 0. The third kappa shape index (κ3) is 24.5. The maximum atomic E-state index is 6.62. The van der Waals surface area contributed by atoms with Gasteiger partial charge in [0.15, 0.2) is 0 Å². The van der Waals surface area contributed by atoms with Gasteiger partial charge in [0.05, 0.1) is 0 Å². The van der Waals surface area contributed by atoms with Gasteiger partial charge in [-0.3, -0.25) is 0 Å². The first-order chi connectivity index (χ1) is 1.41. The maximum absolute atomic E-state index is 6.62. The van der Waals surface area contributed by atoms with Crippen molar-refractivity contribution < 1.29 is 34.1 Å². The minimum absolute atomic E-state index is 0. The van der Waals surface area contributed by atoms with Crippen LogP contribution >= 0.6 is 0 Å². The molecule has 0 bridgehead atoms. The maximum Gasteiger partial charge on any atom is 0 e. The normalized spacial score (nSPS) is 4.50. The summed E-state index contributed by atoms with van der Waals surface area (Å²) in [6.45, 7) is 0. The molecule has 0 aliphatic rings. The van der Waals surface area contributed by atoms with Crippen LogP contribution in [0.3, 0.4) is 0 Å². The van der Waals surface area contributed by atoms with E-state index in [9.17, 15) is 0 Å². The topological polar surface area (TPSA) is 49.7 Å². The second-order valence-corrected chi connectivity index (χ2v) is 0.0816. The molecule has 0 saturated heterocycles. The molecule has 0 rings (SSSR count). The fourth-order valence-corrected chi connectivity index (χ4v) is 0. The van der Waals surface area contributed by atoms with Crippen molar-refractivity contribution >= 4 is 0 Å². The van der Waals surface area contributed by atoms with Crippen LogP contribution in [0.15, 0.2) is 0 Å². The van der Waals surface area contributed by atoms with Crippen LogP contribution in [-0.2, 0) is 23.6 Å². The smallest absolute Gasteiger partial charge is 0 e. The van der Waals surface area contributed by atoms with Crippen LogP contribution in [0.25, 0.3) is 0 Å². The van der Waals surface area contributed by atoms with E-state index in [0.29, 0.717) is 0 Å². The second-order valence-electron chi connectivity index (χ2n) is 0.0816. The molecule has 0 fully saturated rings. The molecular formula is H2O3V. The predicted molar refractivity (Wildman–Crippen MR) is 6.34 cm³/mol. The number of hydrogen-bond acceptors (Lipinski definition) is 3. The fourth-order valence-electron chi connectivity index (χ4n) is 0. The summed E-state index contributed by atoms with van der Waals surface area (Å²) in [5.41, 5.74) is 0. The molecule has 0 spiro atoms. The van der Waals surface area contributed by atoms with E-state index in [1.54, 1.807) is 0 Å². The van der Waals surface area contributed by atoms with Gasteiger partial charge in [0.25, 0.3) is 0 Å². The van der Waals surface area contributed by atoms with Gasteiger partial charge >= 0.3 is 0 Å². The van der Waals surface area contributed by atoms with E-state index in [0.717, 1.165) is 0 Å². The third-order valence-electron chi connectivity index (χ3n) is 0. The van der Waals surface area contributed by atoms with Crippen molar-refractivity contribution in [3.8, 4) is 0 Å². The van der Waals surface area contributed by atoms with Gasteiger partial charge in [0.2, 0.25) is 0 Å². The van der Waals surface area contributed by atoms with Crippen molar-refractivity contribution in [2.75, 3.05) is 0 Å². The molecule has 0 saturated carbocycles. The van der Waals surface area contributed by atoms with Crippen LogP contribution in [0, 0.1) is 0 Å². The van der Waals surface area contributed by atoms with Crippen molar-refractivity contribution in [2.45, 2.75) is 0 Å². The first-order valence-electron chi connectivity index (χ1n) is 0.365. The second kappa shape index (κ2) is 9.81. The van der Waals surface area contributed by atoms with Gasteiger partial charge in [0, 0.05) is 18.6 Å². The fraction of sp³-hybridized carbons (Fsp3) is 0. The summed E-state index contributed by atoms with van der Waals surface area (Å²) in [6, 6.07) is 0. The number of hydrogen-bond donors (Lipinski definition) is 2. The molecule has 0 aliphatic carbocycles. The Morgan fingerprint density at radius 2 is 1.25 bits per heavy atom. The Morgan fingerprint density at radius 3 is 1.25 bits per heavy atom. The third-order valence-corrected chi connectivity index (χ3v) is 0. The van der Waals surface area contributed by atoms with Crippen molar-refractivity contribution in [1.29, 1.82) is 0 Å². The Labute approximate surface area is 34.9 Å². The molecule has 0 aromatic heterocycles. The first-order valence-corrected chi connectivity index (χ1v) is 0.365. The molecule has 0 heterocycles. The van der Waals surface area contributed by atoms with Crippen LogP contribution in [-0.4, -0.2) is 10.5 Å². The largest absolute Gasteiger partial charge is 0.221 e. The first kappa shape index (κ1) is 8.82. The molecule has 0 aromatic rings.